The van der Waals surface area contributed by atoms with Crippen LogP contribution in [0.25, 0.3) is 0 Å². The largest absolute Gasteiger partial charge is 0.372 e. The highest BCUT2D eigenvalue weighted by Gasteiger charge is 2.43. The first-order valence-corrected chi connectivity index (χ1v) is 7.47. The monoisotopic (exact) mass is 254 g/mol. The zero-order valence-corrected chi connectivity index (χ0v) is 12.6. The summed E-state index contributed by atoms with van der Waals surface area (Å²) < 4.78 is 6.24. The molecule has 2 fully saturated rings. The van der Waals surface area contributed by atoms with Crippen LogP contribution in [0, 0.1) is 5.41 Å². The van der Waals surface area contributed by atoms with E-state index >= 15 is 0 Å². The van der Waals surface area contributed by atoms with Crippen LogP contribution in [-0.2, 0) is 4.74 Å². The molecule has 2 aliphatic rings. The lowest BCUT2D eigenvalue weighted by molar-refractivity contribution is -0.128. The molecule has 2 aliphatic heterocycles. The van der Waals surface area contributed by atoms with Gasteiger partial charge >= 0.3 is 0 Å². The molecule has 2 rings (SSSR count). The quantitative estimate of drug-likeness (QED) is 0.818. The van der Waals surface area contributed by atoms with Crippen LogP contribution in [0.4, 0.5) is 0 Å². The van der Waals surface area contributed by atoms with Crippen LogP contribution in [0.15, 0.2) is 0 Å². The maximum absolute atomic E-state index is 6.24. The van der Waals surface area contributed by atoms with E-state index in [2.05, 4.69) is 38.0 Å². The summed E-state index contributed by atoms with van der Waals surface area (Å²) in [6.45, 7) is 11.2. The lowest BCUT2D eigenvalue weighted by Gasteiger charge is -2.49. The third kappa shape index (κ3) is 3.46. The van der Waals surface area contributed by atoms with E-state index < -0.39 is 0 Å². The van der Waals surface area contributed by atoms with Crippen molar-refractivity contribution >= 4 is 0 Å². The lowest BCUT2D eigenvalue weighted by Crippen LogP contribution is -2.61. The maximum atomic E-state index is 6.24. The first-order valence-electron chi connectivity index (χ1n) is 7.47. The Bertz CT molecular complexity index is 264. The Morgan fingerprint density at radius 1 is 1.28 bits per heavy atom. The Hall–Kier alpha value is -0.120. The van der Waals surface area contributed by atoms with Crippen molar-refractivity contribution in [2.24, 2.45) is 5.41 Å². The lowest BCUT2D eigenvalue weighted by atomic mass is 9.78. The fourth-order valence-corrected chi connectivity index (χ4v) is 3.21. The second-order valence-electron chi connectivity index (χ2n) is 7.32. The molecule has 1 unspecified atom stereocenters. The molecule has 3 nitrogen and oxygen atoms in total. The molecule has 0 saturated carbocycles. The molecule has 2 saturated heterocycles. The van der Waals surface area contributed by atoms with Gasteiger partial charge in [0.1, 0.15) is 0 Å². The standard InChI is InChI=1S/C15H30N2O/c1-14(2,3)6-5-13-15(18-12-9-16-13)7-10-17(4)11-8-15/h13,16H,5-12H2,1-4H3. The van der Waals surface area contributed by atoms with Gasteiger partial charge in [-0.15, -0.1) is 0 Å². The van der Waals surface area contributed by atoms with Crippen LogP contribution in [0.1, 0.15) is 46.5 Å². The van der Waals surface area contributed by atoms with Crippen LogP contribution in [0.2, 0.25) is 0 Å². The second-order valence-corrected chi connectivity index (χ2v) is 7.32. The molecular formula is C15H30N2O. The van der Waals surface area contributed by atoms with Gasteiger partial charge in [-0.05, 0) is 38.1 Å². The van der Waals surface area contributed by atoms with E-state index in [1.807, 2.05) is 0 Å². The third-order valence-electron chi connectivity index (χ3n) is 4.53. The van der Waals surface area contributed by atoms with Crippen molar-refractivity contribution in [3.05, 3.63) is 0 Å². The molecule has 1 spiro atoms. The molecule has 18 heavy (non-hydrogen) atoms. The summed E-state index contributed by atoms with van der Waals surface area (Å²) in [5.41, 5.74) is 0.543. The van der Waals surface area contributed by atoms with E-state index in [0.717, 1.165) is 13.2 Å². The molecule has 106 valence electrons. The minimum atomic E-state index is 0.121. The highest BCUT2D eigenvalue weighted by atomic mass is 16.5. The molecule has 2 heterocycles. The normalized spacial score (nSPS) is 29.7. The van der Waals surface area contributed by atoms with E-state index in [1.54, 1.807) is 0 Å². The number of nitrogens with one attached hydrogen (secondary N) is 1. The van der Waals surface area contributed by atoms with Gasteiger partial charge in [0, 0.05) is 25.7 Å². The van der Waals surface area contributed by atoms with Crippen LogP contribution < -0.4 is 5.32 Å². The molecule has 0 aromatic carbocycles. The molecular weight excluding hydrogens is 224 g/mol. The van der Waals surface area contributed by atoms with Gasteiger partial charge in [-0.3, -0.25) is 0 Å². The third-order valence-corrected chi connectivity index (χ3v) is 4.53. The average Bonchev–Trinajstić information content (AvgIpc) is 2.31. The minimum Gasteiger partial charge on any atom is -0.372 e. The van der Waals surface area contributed by atoms with Crippen molar-refractivity contribution in [3.63, 3.8) is 0 Å². The van der Waals surface area contributed by atoms with E-state index in [1.165, 1.54) is 38.8 Å². The fraction of sp³-hybridized carbons (Fsp3) is 1.00. The van der Waals surface area contributed by atoms with Gasteiger partial charge in [-0.25, -0.2) is 0 Å². The smallest absolute Gasteiger partial charge is 0.0859 e. The zero-order chi connectivity index (χ0) is 13.2. The summed E-state index contributed by atoms with van der Waals surface area (Å²) >= 11 is 0. The van der Waals surface area contributed by atoms with Gasteiger partial charge in [-0.1, -0.05) is 20.8 Å². The van der Waals surface area contributed by atoms with Gasteiger partial charge in [0.2, 0.25) is 0 Å². The molecule has 0 radical (unpaired) electrons. The van der Waals surface area contributed by atoms with E-state index in [0.29, 0.717) is 11.5 Å². The average molecular weight is 254 g/mol. The Balaban J connectivity index is 1.97. The van der Waals surface area contributed by atoms with Crippen molar-refractivity contribution in [3.8, 4) is 0 Å². The van der Waals surface area contributed by atoms with Crippen LogP contribution in [0.3, 0.4) is 0 Å². The number of rotatable bonds is 2. The summed E-state index contributed by atoms with van der Waals surface area (Å²) in [6.07, 6.45) is 4.88. The summed E-state index contributed by atoms with van der Waals surface area (Å²) in [7, 11) is 2.22. The molecule has 3 heteroatoms. The van der Waals surface area contributed by atoms with Gasteiger partial charge < -0.3 is 15.0 Å². The van der Waals surface area contributed by atoms with E-state index in [-0.39, 0.29) is 5.60 Å². The fourth-order valence-electron chi connectivity index (χ4n) is 3.21. The molecule has 1 atom stereocenters. The van der Waals surface area contributed by atoms with Crippen LogP contribution in [0.5, 0.6) is 0 Å². The van der Waals surface area contributed by atoms with Crippen molar-refractivity contribution < 1.29 is 4.74 Å². The number of nitrogens with zero attached hydrogens (tertiary/aromatic N) is 1. The Morgan fingerprint density at radius 2 is 1.94 bits per heavy atom. The number of morpholine rings is 1. The van der Waals surface area contributed by atoms with Crippen molar-refractivity contribution in [1.29, 1.82) is 0 Å². The minimum absolute atomic E-state index is 0.121. The number of hydrogen-bond acceptors (Lipinski definition) is 3. The first-order chi connectivity index (χ1) is 8.41. The van der Waals surface area contributed by atoms with Gasteiger partial charge in [0.05, 0.1) is 12.2 Å². The van der Waals surface area contributed by atoms with Gasteiger partial charge in [0.15, 0.2) is 0 Å². The summed E-state index contributed by atoms with van der Waals surface area (Å²) in [6, 6.07) is 0.555. The number of likely N-dealkylation sites (tertiary alicyclic amines) is 1. The maximum Gasteiger partial charge on any atom is 0.0859 e. The topological polar surface area (TPSA) is 24.5 Å². The van der Waals surface area contributed by atoms with Gasteiger partial charge in [0.25, 0.3) is 0 Å². The Kier molecular flexibility index (Phi) is 4.35. The Morgan fingerprint density at radius 3 is 2.56 bits per heavy atom. The van der Waals surface area contributed by atoms with E-state index in [9.17, 15) is 0 Å². The number of hydrogen-bond donors (Lipinski definition) is 1. The predicted octanol–water partition coefficient (Wildman–Crippen LogP) is 2.27. The molecule has 0 aromatic heterocycles. The van der Waals surface area contributed by atoms with Crippen molar-refractivity contribution in [2.75, 3.05) is 33.3 Å². The highest BCUT2D eigenvalue weighted by Crippen LogP contribution is 2.35. The summed E-state index contributed by atoms with van der Waals surface area (Å²) in [5.74, 6) is 0. The summed E-state index contributed by atoms with van der Waals surface area (Å²) in [4.78, 5) is 2.42. The second kappa shape index (κ2) is 5.48. The molecule has 0 amide bonds. The molecule has 0 aliphatic carbocycles. The zero-order valence-electron chi connectivity index (χ0n) is 12.6. The van der Waals surface area contributed by atoms with Crippen LogP contribution in [-0.4, -0.2) is 49.8 Å². The van der Waals surface area contributed by atoms with Crippen LogP contribution >= 0.6 is 0 Å². The molecule has 0 bridgehead atoms. The van der Waals surface area contributed by atoms with Crippen molar-refractivity contribution in [2.45, 2.75) is 58.1 Å². The highest BCUT2D eigenvalue weighted by molar-refractivity contribution is 4.99. The summed E-state index contributed by atoms with van der Waals surface area (Å²) in [5, 5.41) is 3.72. The SMILES string of the molecule is CN1CCC2(CC1)OCCNC2CCC(C)(C)C. The van der Waals surface area contributed by atoms with E-state index in [4.69, 9.17) is 4.74 Å². The van der Waals surface area contributed by atoms with Crippen molar-refractivity contribution in [1.82, 2.24) is 10.2 Å². The number of piperidine rings is 1. The number of ether oxygens (including phenoxy) is 1. The first kappa shape index (κ1) is 14.3. The van der Waals surface area contributed by atoms with Gasteiger partial charge in [-0.2, -0.15) is 0 Å². The predicted molar refractivity (Wildman–Crippen MR) is 75.9 cm³/mol. The Labute approximate surface area is 112 Å². The molecule has 1 N–H and O–H groups in total. The molecule has 0 aromatic rings.